The highest BCUT2D eigenvalue weighted by molar-refractivity contribution is 5.83. The standard InChI is InChI=1S/C14H16N4/c15-11-13-4-1-3-12-5-8-17(14(12)13)9-10-18-7-2-6-16-18/h1-8H,9-11,15H2. The maximum Gasteiger partial charge on any atom is 0.0588 e. The second-order valence-electron chi connectivity index (χ2n) is 4.34. The van der Waals surface area contributed by atoms with E-state index in [0.717, 1.165) is 13.1 Å². The summed E-state index contributed by atoms with van der Waals surface area (Å²) < 4.78 is 4.19. The minimum Gasteiger partial charge on any atom is -0.345 e. The number of aryl methyl sites for hydroxylation is 2. The van der Waals surface area contributed by atoms with Crippen LogP contribution >= 0.6 is 0 Å². The highest BCUT2D eigenvalue weighted by Gasteiger charge is 2.05. The Kier molecular flexibility index (Phi) is 2.86. The molecule has 0 aliphatic heterocycles. The Bertz CT molecular complexity index is 637. The van der Waals surface area contributed by atoms with Crippen LogP contribution in [-0.4, -0.2) is 14.3 Å². The van der Waals surface area contributed by atoms with Gasteiger partial charge in [0.2, 0.25) is 0 Å². The van der Waals surface area contributed by atoms with E-state index in [4.69, 9.17) is 5.73 Å². The van der Waals surface area contributed by atoms with Crippen LogP contribution in [0.5, 0.6) is 0 Å². The van der Waals surface area contributed by atoms with Gasteiger partial charge in [0, 0.05) is 31.7 Å². The van der Waals surface area contributed by atoms with E-state index in [1.54, 1.807) is 6.20 Å². The van der Waals surface area contributed by atoms with Gasteiger partial charge in [-0.25, -0.2) is 0 Å². The predicted octanol–water partition coefficient (Wildman–Crippen LogP) is 2.00. The van der Waals surface area contributed by atoms with Gasteiger partial charge < -0.3 is 10.3 Å². The van der Waals surface area contributed by atoms with Gasteiger partial charge >= 0.3 is 0 Å². The number of nitrogens with zero attached hydrogens (tertiary/aromatic N) is 3. The lowest BCUT2D eigenvalue weighted by Gasteiger charge is -2.09. The normalized spacial score (nSPS) is 11.2. The zero-order valence-corrected chi connectivity index (χ0v) is 10.2. The van der Waals surface area contributed by atoms with Gasteiger partial charge in [0.05, 0.1) is 12.1 Å². The average Bonchev–Trinajstić information content (AvgIpc) is 3.05. The van der Waals surface area contributed by atoms with Crippen molar-refractivity contribution >= 4 is 10.9 Å². The van der Waals surface area contributed by atoms with E-state index in [0.29, 0.717) is 6.54 Å². The third-order valence-electron chi connectivity index (χ3n) is 3.22. The van der Waals surface area contributed by atoms with Crippen molar-refractivity contribution in [2.24, 2.45) is 5.73 Å². The van der Waals surface area contributed by atoms with Crippen LogP contribution in [0.2, 0.25) is 0 Å². The Hall–Kier alpha value is -2.07. The molecule has 0 fully saturated rings. The lowest BCUT2D eigenvalue weighted by atomic mass is 10.1. The number of benzene rings is 1. The lowest BCUT2D eigenvalue weighted by Crippen LogP contribution is -2.08. The molecular formula is C14H16N4. The molecule has 18 heavy (non-hydrogen) atoms. The zero-order chi connectivity index (χ0) is 12.4. The van der Waals surface area contributed by atoms with E-state index in [-0.39, 0.29) is 0 Å². The van der Waals surface area contributed by atoms with Crippen molar-refractivity contribution in [1.82, 2.24) is 14.3 Å². The number of hydrogen-bond acceptors (Lipinski definition) is 2. The fourth-order valence-corrected chi connectivity index (χ4v) is 2.33. The molecule has 0 aliphatic carbocycles. The first-order valence-electron chi connectivity index (χ1n) is 6.13. The van der Waals surface area contributed by atoms with Gasteiger partial charge in [0.1, 0.15) is 0 Å². The molecule has 0 saturated carbocycles. The summed E-state index contributed by atoms with van der Waals surface area (Å²) in [5.74, 6) is 0. The van der Waals surface area contributed by atoms with E-state index < -0.39 is 0 Å². The molecule has 0 aliphatic rings. The topological polar surface area (TPSA) is 48.8 Å². The summed E-state index contributed by atoms with van der Waals surface area (Å²) in [5.41, 5.74) is 8.24. The SMILES string of the molecule is NCc1cccc2ccn(CCn3cccn3)c12. The Balaban J connectivity index is 1.92. The molecule has 3 aromatic rings. The molecule has 92 valence electrons. The van der Waals surface area contributed by atoms with Crippen LogP contribution in [0.15, 0.2) is 48.9 Å². The summed E-state index contributed by atoms with van der Waals surface area (Å²) in [6.45, 7) is 2.35. The Labute approximate surface area is 106 Å². The first kappa shape index (κ1) is 11.0. The number of aromatic nitrogens is 3. The van der Waals surface area contributed by atoms with E-state index in [9.17, 15) is 0 Å². The number of nitrogens with two attached hydrogens (primary N) is 1. The fraction of sp³-hybridized carbons (Fsp3) is 0.214. The molecule has 0 unspecified atom stereocenters. The monoisotopic (exact) mass is 240 g/mol. The molecule has 0 bridgehead atoms. The molecule has 3 rings (SSSR count). The number of rotatable bonds is 4. The van der Waals surface area contributed by atoms with E-state index in [1.807, 2.05) is 16.9 Å². The highest BCUT2D eigenvalue weighted by atomic mass is 15.3. The molecule has 0 atom stereocenters. The van der Waals surface area contributed by atoms with Crippen LogP contribution in [0, 0.1) is 0 Å². The van der Waals surface area contributed by atoms with Gasteiger partial charge in [-0.15, -0.1) is 0 Å². The second-order valence-corrected chi connectivity index (χ2v) is 4.34. The van der Waals surface area contributed by atoms with Crippen LogP contribution in [-0.2, 0) is 19.6 Å². The summed E-state index contributed by atoms with van der Waals surface area (Å²) in [6.07, 6.45) is 5.90. The minimum absolute atomic E-state index is 0.573. The number of hydrogen-bond donors (Lipinski definition) is 1. The van der Waals surface area contributed by atoms with Gasteiger partial charge in [0.15, 0.2) is 0 Å². The van der Waals surface area contributed by atoms with Crippen molar-refractivity contribution in [3.05, 3.63) is 54.5 Å². The molecule has 0 radical (unpaired) electrons. The van der Waals surface area contributed by atoms with Gasteiger partial charge in [-0.3, -0.25) is 4.68 Å². The van der Waals surface area contributed by atoms with Crippen LogP contribution in [0.25, 0.3) is 10.9 Å². The third-order valence-corrected chi connectivity index (χ3v) is 3.22. The maximum atomic E-state index is 5.80. The maximum absolute atomic E-state index is 5.80. The summed E-state index contributed by atoms with van der Waals surface area (Å²) in [4.78, 5) is 0. The largest absolute Gasteiger partial charge is 0.345 e. The van der Waals surface area contributed by atoms with Crippen molar-refractivity contribution in [2.75, 3.05) is 0 Å². The molecule has 1 aromatic carbocycles. The third kappa shape index (κ3) is 1.91. The van der Waals surface area contributed by atoms with Crippen molar-refractivity contribution in [2.45, 2.75) is 19.6 Å². The van der Waals surface area contributed by atoms with Crippen molar-refractivity contribution in [3.8, 4) is 0 Å². The molecular weight excluding hydrogens is 224 g/mol. The van der Waals surface area contributed by atoms with Crippen molar-refractivity contribution < 1.29 is 0 Å². The molecule has 4 nitrogen and oxygen atoms in total. The Morgan fingerprint density at radius 2 is 2.00 bits per heavy atom. The van der Waals surface area contributed by atoms with Crippen LogP contribution in [0.1, 0.15) is 5.56 Å². The fourth-order valence-electron chi connectivity index (χ4n) is 2.33. The highest BCUT2D eigenvalue weighted by Crippen LogP contribution is 2.20. The lowest BCUT2D eigenvalue weighted by molar-refractivity contribution is 0.542. The quantitative estimate of drug-likeness (QED) is 0.758. The Morgan fingerprint density at radius 3 is 2.78 bits per heavy atom. The summed E-state index contributed by atoms with van der Waals surface area (Å²) in [6, 6.07) is 10.4. The molecule has 4 heteroatoms. The summed E-state index contributed by atoms with van der Waals surface area (Å²) >= 11 is 0. The molecule has 2 N–H and O–H groups in total. The van der Waals surface area contributed by atoms with Gasteiger partial charge in [-0.1, -0.05) is 18.2 Å². The average molecular weight is 240 g/mol. The molecule has 2 aromatic heterocycles. The van der Waals surface area contributed by atoms with E-state index >= 15 is 0 Å². The van der Waals surface area contributed by atoms with Gasteiger partial charge in [0.25, 0.3) is 0 Å². The van der Waals surface area contributed by atoms with Crippen LogP contribution < -0.4 is 5.73 Å². The van der Waals surface area contributed by atoms with E-state index in [1.165, 1.54) is 16.5 Å². The second kappa shape index (κ2) is 4.66. The van der Waals surface area contributed by atoms with Gasteiger partial charge in [-0.2, -0.15) is 5.10 Å². The van der Waals surface area contributed by atoms with Crippen LogP contribution in [0.3, 0.4) is 0 Å². The molecule has 0 saturated heterocycles. The molecule has 2 heterocycles. The van der Waals surface area contributed by atoms with Crippen LogP contribution in [0.4, 0.5) is 0 Å². The smallest absolute Gasteiger partial charge is 0.0588 e. The van der Waals surface area contributed by atoms with Crippen molar-refractivity contribution in [3.63, 3.8) is 0 Å². The zero-order valence-electron chi connectivity index (χ0n) is 10.2. The predicted molar refractivity (Wildman–Crippen MR) is 72.1 cm³/mol. The number of fused-ring (bicyclic) bond motifs is 1. The molecule has 0 amide bonds. The molecule has 0 spiro atoms. The first-order valence-corrected chi connectivity index (χ1v) is 6.13. The summed E-state index contributed by atoms with van der Waals surface area (Å²) in [7, 11) is 0. The van der Waals surface area contributed by atoms with Gasteiger partial charge in [-0.05, 0) is 23.1 Å². The Morgan fingerprint density at radius 1 is 1.06 bits per heavy atom. The summed E-state index contributed by atoms with van der Waals surface area (Å²) in [5, 5.41) is 5.47. The van der Waals surface area contributed by atoms with E-state index in [2.05, 4.69) is 40.1 Å². The van der Waals surface area contributed by atoms with Crippen molar-refractivity contribution in [1.29, 1.82) is 0 Å². The first-order chi connectivity index (χ1) is 8.88. The minimum atomic E-state index is 0.573. The number of para-hydroxylation sites is 1.